The number of imidazole rings is 1. The Kier molecular flexibility index (Phi) is 4.75. The molecule has 2 aromatic rings. The summed E-state index contributed by atoms with van der Waals surface area (Å²) >= 11 is 0. The largest absolute Gasteiger partial charge is 0.369 e. The van der Waals surface area contributed by atoms with E-state index < -0.39 is 0 Å². The minimum absolute atomic E-state index is 0.0298. The summed E-state index contributed by atoms with van der Waals surface area (Å²) in [5.41, 5.74) is 0.752. The van der Waals surface area contributed by atoms with E-state index in [9.17, 15) is 4.79 Å². The monoisotopic (exact) mass is 276 g/mol. The zero-order valence-electron chi connectivity index (χ0n) is 11.8. The van der Waals surface area contributed by atoms with Gasteiger partial charge < -0.3 is 20.4 Å². The van der Waals surface area contributed by atoms with Crippen LogP contribution in [0.25, 0.3) is 5.65 Å². The van der Waals surface area contributed by atoms with Crippen LogP contribution in [0.15, 0.2) is 18.6 Å². The van der Waals surface area contributed by atoms with E-state index in [0.717, 1.165) is 18.0 Å². The van der Waals surface area contributed by atoms with Crippen molar-refractivity contribution < 1.29 is 4.79 Å². The summed E-state index contributed by atoms with van der Waals surface area (Å²) in [4.78, 5) is 20.1. The topological polar surface area (TPSA) is 83.3 Å². The van der Waals surface area contributed by atoms with Crippen molar-refractivity contribution in [3.63, 3.8) is 0 Å². The van der Waals surface area contributed by atoms with Gasteiger partial charge in [0, 0.05) is 38.4 Å². The lowest BCUT2D eigenvalue weighted by Gasteiger charge is -2.10. The molecule has 0 bridgehead atoms. The minimum atomic E-state index is 0.0298. The summed E-state index contributed by atoms with van der Waals surface area (Å²) in [5, 5.41) is 9.10. The van der Waals surface area contributed by atoms with E-state index in [1.54, 1.807) is 6.20 Å². The summed E-state index contributed by atoms with van der Waals surface area (Å²) in [6.45, 7) is 5.89. The Labute approximate surface area is 117 Å². The standard InChI is InChI=1S/C13H20N6O/c1-3-14-10-9-19-8-7-17-13(19)12(18-10)16-6-5-11(20)15-4-2/h7-9,14H,3-6H2,1-2H3,(H,15,20)(H,16,18). The van der Waals surface area contributed by atoms with Gasteiger partial charge in [0.2, 0.25) is 5.91 Å². The maximum absolute atomic E-state index is 11.4. The Hall–Kier alpha value is -2.31. The molecule has 7 nitrogen and oxygen atoms in total. The van der Waals surface area contributed by atoms with Crippen molar-refractivity contribution in [3.8, 4) is 0 Å². The molecule has 0 aromatic carbocycles. The van der Waals surface area contributed by atoms with E-state index in [1.165, 1.54) is 0 Å². The van der Waals surface area contributed by atoms with Crippen LogP contribution in [-0.2, 0) is 4.79 Å². The first kappa shape index (κ1) is 14.1. The molecule has 0 aliphatic rings. The van der Waals surface area contributed by atoms with Gasteiger partial charge in [0.25, 0.3) is 0 Å². The molecule has 0 spiro atoms. The lowest BCUT2D eigenvalue weighted by atomic mass is 10.4. The molecular weight excluding hydrogens is 256 g/mol. The van der Waals surface area contributed by atoms with Crippen LogP contribution in [0, 0.1) is 0 Å². The fraction of sp³-hybridized carbons (Fsp3) is 0.462. The Bertz CT molecular complexity index is 579. The highest BCUT2D eigenvalue weighted by Gasteiger charge is 2.07. The van der Waals surface area contributed by atoms with Gasteiger partial charge in [-0.2, -0.15) is 0 Å². The van der Waals surface area contributed by atoms with Crippen molar-refractivity contribution >= 4 is 23.2 Å². The van der Waals surface area contributed by atoms with Crippen molar-refractivity contribution in [2.45, 2.75) is 20.3 Å². The lowest BCUT2D eigenvalue weighted by molar-refractivity contribution is -0.120. The summed E-state index contributed by atoms with van der Waals surface area (Å²) in [5.74, 6) is 1.48. The molecule has 0 saturated heterocycles. The maximum atomic E-state index is 11.4. The molecule has 0 aliphatic heterocycles. The number of amides is 1. The summed E-state index contributed by atoms with van der Waals surface area (Å²) in [7, 11) is 0. The highest BCUT2D eigenvalue weighted by atomic mass is 16.1. The number of nitrogens with zero attached hydrogens (tertiary/aromatic N) is 3. The number of rotatable bonds is 7. The number of fused-ring (bicyclic) bond motifs is 1. The molecule has 3 N–H and O–H groups in total. The first-order valence-electron chi connectivity index (χ1n) is 6.82. The highest BCUT2D eigenvalue weighted by molar-refractivity contribution is 5.76. The third-order valence-corrected chi connectivity index (χ3v) is 2.75. The number of hydrogen-bond donors (Lipinski definition) is 3. The van der Waals surface area contributed by atoms with Gasteiger partial charge in [-0.05, 0) is 13.8 Å². The summed E-state index contributed by atoms with van der Waals surface area (Å²) in [6.07, 6.45) is 5.89. The second-order valence-electron chi connectivity index (χ2n) is 4.29. The normalized spacial score (nSPS) is 10.5. The van der Waals surface area contributed by atoms with Crippen molar-refractivity contribution in [1.82, 2.24) is 19.7 Å². The summed E-state index contributed by atoms with van der Waals surface area (Å²) in [6, 6.07) is 0. The second kappa shape index (κ2) is 6.74. The lowest BCUT2D eigenvalue weighted by Crippen LogP contribution is -2.25. The Balaban J connectivity index is 2.07. The predicted octanol–water partition coefficient (Wildman–Crippen LogP) is 1.10. The SMILES string of the molecule is CCNC(=O)CCNc1nc(NCC)cn2ccnc12. The van der Waals surface area contributed by atoms with E-state index in [-0.39, 0.29) is 5.91 Å². The number of anilines is 2. The molecule has 20 heavy (non-hydrogen) atoms. The Morgan fingerprint density at radius 1 is 1.30 bits per heavy atom. The molecule has 2 rings (SSSR count). The minimum Gasteiger partial charge on any atom is -0.369 e. The van der Waals surface area contributed by atoms with Gasteiger partial charge in [-0.25, -0.2) is 9.97 Å². The van der Waals surface area contributed by atoms with Crippen LogP contribution in [0.4, 0.5) is 11.6 Å². The van der Waals surface area contributed by atoms with E-state index >= 15 is 0 Å². The quantitative estimate of drug-likeness (QED) is 0.705. The van der Waals surface area contributed by atoms with Crippen LogP contribution in [0.1, 0.15) is 20.3 Å². The van der Waals surface area contributed by atoms with Crippen molar-refractivity contribution in [1.29, 1.82) is 0 Å². The van der Waals surface area contributed by atoms with Crippen molar-refractivity contribution in [3.05, 3.63) is 18.6 Å². The average molecular weight is 276 g/mol. The highest BCUT2D eigenvalue weighted by Crippen LogP contribution is 2.16. The van der Waals surface area contributed by atoms with Gasteiger partial charge in [0.1, 0.15) is 5.82 Å². The van der Waals surface area contributed by atoms with E-state index in [2.05, 4.69) is 25.9 Å². The third kappa shape index (κ3) is 3.37. The van der Waals surface area contributed by atoms with Crippen LogP contribution < -0.4 is 16.0 Å². The van der Waals surface area contributed by atoms with E-state index in [1.807, 2.05) is 30.6 Å². The number of hydrogen-bond acceptors (Lipinski definition) is 5. The van der Waals surface area contributed by atoms with Gasteiger partial charge in [-0.1, -0.05) is 0 Å². The number of nitrogens with one attached hydrogen (secondary N) is 3. The van der Waals surface area contributed by atoms with Crippen LogP contribution in [0.2, 0.25) is 0 Å². The maximum Gasteiger partial charge on any atom is 0.221 e. The fourth-order valence-corrected chi connectivity index (χ4v) is 1.90. The van der Waals surface area contributed by atoms with E-state index in [4.69, 9.17) is 0 Å². The van der Waals surface area contributed by atoms with Gasteiger partial charge >= 0.3 is 0 Å². The molecule has 1 amide bonds. The zero-order valence-corrected chi connectivity index (χ0v) is 11.8. The fourth-order valence-electron chi connectivity index (χ4n) is 1.90. The third-order valence-electron chi connectivity index (χ3n) is 2.75. The molecule has 7 heteroatoms. The smallest absolute Gasteiger partial charge is 0.221 e. The number of carbonyl (C=O) groups excluding carboxylic acids is 1. The molecule has 0 atom stereocenters. The Morgan fingerprint density at radius 3 is 2.90 bits per heavy atom. The Morgan fingerprint density at radius 2 is 2.15 bits per heavy atom. The molecule has 0 radical (unpaired) electrons. The second-order valence-corrected chi connectivity index (χ2v) is 4.29. The first-order valence-corrected chi connectivity index (χ1v) is 6.82. The predicted molar refractivity (Wildman–Crippen MR) is 78.9 cm³/mol. The molecule has 108 valence electrons. The summed E-state index contributed by atoms with van der Waals surface area (Å²) < 4.78 is 1.90. The zero-order chi connectivity index (χ0) is 14.4. The molecule has 0 fully saturated rings. The molecule has 0 aliphatic carbocycles. The first-order chi connectivity index (χ1) is 9.74. The molecule has 0 saturated carbocycles. The molecule has 0 unspecified atom stereocenters. The molecule has 2 aromatic heterocycles. The number of carbonyl (C=O) groups is 1. The van der Waals surface area contributed by atoms with Crippen LogP contribution >= 0.6 is 0 Å². The van der Waals surface area contributed by atoms with Gasteiger partial charge in [0.15, 0.2) is 11.5 Å². The molecule has 2 heterocycles. The van der Waals surface area contributed by atoms with Gasteiger partial charge in [-0.3, -0.25) is 4.79 Å². The number of aromatic nitrogens is 3. The van der Waals surface area contributed by atoms with Crippen LogP contribution in [-0.4, -0.2) is 39.9 Å². The van der Waals surface area contributed by atoms with Gasteiger partial charge in [-0.15, -0.1) is 0 Å². The van der Waals surface area contributed by atoms with Gasteiger partial charge in [0.05, 0.1) is 6.20 Å². The van der Waals surface area contributed by atoms with Crippen molar-refractivity contribution in [2.24, 2.45) is 0 Å². The van der Waals surface area contributed by atoms with Crippen LogP contribution in [0.5, 0.6) is 0 Å². The average Bonchev–Trinajstić information content (AvgIpc) is 2.88. The molecular formula is C13H20N6O. The van der Waals surface area contributed by atoms with Crippen molar-refractivity contribution in [2.75, 3.05) is 30.3 Å². The van der Waals surface area contributed by atoms with Crippen LogP contribution in [0.3, 0.4) is 0 Å². The van der Waals surface area contributed by atoms with E-state index in [0.29, 0.717) is 25.3 Å².